The first-order valence-electron chi connectivity index (χ1n) is 3.14. The number of allylic oxidation sites excluding steroid dienone is 1. The molecule has 0 saturated carbocycles. The van der Waals surface area contributed by atoms with Gasteiger partial charge in [0.15, 0.2) is 0 Å². The van der Waals surface area contributed by atoms with Crippen LogP contribution in [0.1, 0.15) is 17.0 Å². The number of rotatable bonds is 1. The summed E-state index contributed by atoms with van der Waals surface area (Å²) in [6.07, 6.45) is 1.99. The zero-order valence-electron chi connectivity index (χ0n) is 5.17. The number of fused-ring (bicyclic) bond motifs is 2. The second kappa shape index (κ2) is 1.47. The van der Waals surface area contributed by atoms with Crippen molar-refractivity contribution in [2.24, 2.45) is 0 Å². The maximum atomic E-state index is 3.75. The largest absolute Gasteiger partial charge is 0.102 e. The van der Waals surface area contributed by atoms with Crippen molar-refractivity contribution >= 4 is 0 Å². The van der Waals surface area contributed by atoms with Gasteiger partial charge in [0.25, 0.3) is 0 Å². The first kappa shape index (κ1) is 4.80. The van der Waals surface area contributed by atoms with Gasteiger partial charge in [0.2, 0.25) is 0 Å². The smallest absolute Gasteiger partial charge is 0.0267 e. The quantitative estimate of drug-likeness (QED) is 0.494. The highest BCUT2D eigenvalue weighted by Gasteiger charge is 2.18. The van der Waals surface area contributed by atoms with E-state index in [0.29, 0.717) is 5.92 Å². The molecular formula is C9H8. The molecule has 9 heavy (non-hydrogen) atoms. The van der Waals surface area contributed by atoms with Gasteiger partial charge >= 0.3 is 0 Å². The molecular weight excluding hydrogens is 108 g/mol. The second-order valence-corrected chi connectivity index (χ2v) is 2.38. The Bertz CT molecular complexity index is 221. The average molecular weight is 116 g/mol. The third kappa shape index (κ3) is 0.476. The Kier molecular flexibility index (Phi) is 0.786. The van der Waals surface area contributed by atoms with Gasteiger partial charge < -0.3 is 0 Å². The van der Waals surface area contributed by atoms with Crippen LogP contribution in [-0.2, 0) is 0 Å². The van der Waals surface area contributed by atoms with Crippen molar-refractivity contribution < 1.29 is 0 Å². The molecule has 1 aromatic carbocycles. The molecule has 0 saturated heterocycles. The van der Waals surface area contributed by atoms with Crippen molar-refractivity contribution in [3.05, 3.63) is 48.0 Å². The summed E-state index contributed by atoms with van der Waals surface area (Å²) in [6, 6.07) is 8.57. The van der Waals surface area contributed by atoms with Crippen LogP contribution in [0.2, 0.25) is 0 Å². The zero-order valence-corrected chi connectivity index (χ0v) is 5.17. The van der Waals surface area contributed by atoms with Crippen LogP contribution in [0.15, 0.2) is 36.9 Å². The van der Waals surface area contributed by atoms with Crippen LogP contribution in [0.4, 0.5) is 0 Å². The topological polar surface area (TPSA) is 0 Å². The summed E-state index contributed by atoms with van der Waals surface area (Å²) in [5.41, 5.74) is 2.81. The SMILES string of the molecule is C=CC1c2cccc1c2. The first-order valence-corrected chi connectivity index (χ1v) is 3.14. The number of benzene rings is 1. The fraction of sp³-hybridized carbons (Fsp3) is 0.111. The molecule has 3 rings (SSSR count). The van der Waals surface area contributed by atoms with Gasteiger partial charge in [0.1, 0.15) is 0 Å². The van der Waals surface area contributed by atoms with Crippen molar-refractivity contribution in [1.29, 1.82) is 0 Å². The van der Waals surface area contributed by atoms with Gasteiger partial charge in [-0.2, -0.15) is 0 Å². The van der Waals surface area contributed by atoms with Crippen molar-refractivity contribution in [1.82, 2.24) is 0 Å². The highest BCUT2D eigenvalue weighted by molar-refractivity contribution is 5.47. The maximum absolute atomic E-state index is 3.75. The third-order valence-corrected chi connectivity index (χ3v) is 1.86. The van der Waals surface area contributed by atoms with Crippen LogP contribution < -0.4 is 0 Å². The molecule has 0 nitrogen and oxygen atoms in total. The minimum absolute atomic E-state index is 0.551. The molecule has 0 radical (unpaired) electrons. The predicted molar refractivity (Wildman–Crippen MR) is 38.5 cm³/mol. The van der Waals surface area contributed by atoms with Gasteiger partial charge in [-0.15, -0.1) is 6.58 Å². The molecule has 0 heterocycles. The summed E-state index contributed by atoms with van der Waals surface area (Å²) >= 11 is 0. The highest BCUT2D eigenvalue weighted by atomic mass is 14.2. The molecule has 0 N–H and O–H groups in total. The molecule has 0 amide bonds. The summed E-state index contributed by atoms with van der Waals surface area (Å²) in [5.74, 6) is 0.551. The Labute approximate surface area is 54.8 Å². The van der Waals surface area contributed by atoms with Crippen LogP contribution in [0.3, 0.4) is 0 Å². The Morgan fingerprint density at radius 2 is 2.00 bits per heavy atom. The molecule has 1 aromatic rings. The van der Waals surface area contributed by atoms with Gasteiger partial charge in [0, 0.05) is 5.92 Å². The molecule has 2 bridgehead atoms. The molecule has 2 aliphatic carbocycles. The normalized spacial score (nSPS) is 14.7. The summed E-state index contributed by atoms with van der Waals surface area (Å²) in [6.45, 7) is 3.75. The van der Waals surface area contributed by atoms with Crippen LogP contribution in [0.25, 0.3) is 0 Å². The third-order valence-electron chi connectivity index (χ3n) is 1.86. The van der Waals surface area contributed by atoms with E-state index < -0.39 is 0 Å². The van der Waals surface area contributed by atoms with Crippen molar-refractivity contribution in [3.63, 3.8) is 0 Å². The number of hydrogen-bond acceptors (Lipinski definition) is 0. The average Bonchev–Trinajstić information content (AvgIpc) is 1.90. The molecule has 0 atom stereocenters. The van der Waals surface area contributed by atoms with Crippen LogP contribution >= 0.6 is 0 Å². The lowest BCUT2D eigenvalue weighted by Crippen LogP contribution is -2.06. The molecule has 0 fully saturated rings. The Morgan fingerprint density at radius 1 is 1.33 bits per heavy atom. The van der Waals surface area contributed by atoms with E-state index in [1.54, 1.807) is 0 Å². The summed E-state index contributed by atoms with van der Waals surface area (Å²) in [4.78, 5) is 0. The Balaban J connectivity index is 2.52. The highest BCUT2D eigenvalue weighted by Crippen LogP contribution is 2.34. The Hall–Kier alpha value is -1.04. The van der Waals surface area contributed by atoms with Crippen LogP contribution in [0, 0.1) is 0 Å². The second-order valence-electron chi connectivity index (χ2n) is 2.38. The van der Waals surface area contributed by atoms with Crippen molar-refractivity contribution in [3.8, 4) is 0 Å². The van der Waals surface area contributed by atoms with Crippen molar-refractivity contribution in [2.45, 2.75) is 5.92 Å². The number of hydrogen-bond donors (Lipinski definition) is 0. The minimum atomic E-state index is 0.551. The predicted octanol–water partition coefficient (Wildman–Crippen LogP) is 2.32. The van der Waals surface area contributed by atoms with Crippen molar-refractivity contribution in [2.75, 3.05) is 0 Å². The van der Waals surface area contributed by atoms with Gasteiger partial charge in [-0.1, -0.05) is 30.3 Å². The lowest BCUT2D eigenvalue weighted by Gasteiger charge is -2.23. The van der Waals surface area contributed by atoms with E-state index in [2.05, 4.69) is 30.8 Å². The lowest BCUT2D eigenvalue weighted by molar-refractivity contribution is 0.948. The van der Waals surface area contributed by atoms with E-state index in [1.807, 2.05) is 6.08 Å². The molecule has 0 aliphatic heterocycles. The monoisotopic (exact) mass is 116 g/mol. The van der Waals surface area contributed by atoms with Crippen LogP contribution in [0.5, 0.6) is 0 Å². The molecule has 0 aromatic heterocycles. The summed E-state index contributed by atoms with van der Waals surface area (Å²) in [5, 5.41) is 0. The fourth-order valence-corrected chi connectivity index (χ4v) is 1.31. The first-order chi connectivity index (χ1) is 4.42. The van der Waals surface area contributed by atoms with Crippen LogP contribution in [-0.4, -0.2) is 0 Å². The Morgan fingerprint density at radius 3 is 2.33 bits per heavy atom. The standard InChI is InChI=1S/C9H8/c1-2-9-7-4-3-5-8(9)6-7/h2-6,9H,1H2. The van der Waals surface area contributed by atoms with E-state index in [-0.39, 0.29) is 0 Å². The van der Waals surface area contributed by atoms with Gasteiger partial charge in [-0.05, 0) is 11.1 Å². The summed E-state index contributed by atoms with van der Waals surface area (Å²) in [7, 11) is 0. The fourth-order valence-electron chi connectivity index (χ4n) is 1.31. The maximum Gasteiger partial charge on any atom is 0.0267 e. The van der Waals surface area contributed by atoms with E-state index in [1.165, 1.54) is 11.1 Å². The van der Waals surface area contributed by atoms with E-state index in [0.717, 1.165) is 0 Å². The van der Waals surface area contributed by atoms with E-state index in [4.69, 9.17) is 0 Å². The molecule has 44 valence electrons. The summed E-state index contributed by atoms with van der Waals surface area (Å²) < 4.78 is 0. The van der Waals surface area contributed by atoms with E-state index >= 15 is 0 Å². The van der Waals surface area contributed by atoms with Gasteiger partial charge in [0.05, 0.1) is 0 Å². The molecule has 0 spiro atoms. The van der Waals surface area contributed by atoms with Gasteiger partial charge in [-0.25, -0.2) is 0 Å². The molecule has 0 heteroatoms. The molecule has 2 aliphatic rings. The van der Waals surface area contributed by atoms with E-state index in [9.17, 15) is 0 Å². The minimum Gasteiger partial charge on any atom is -0.102 e. The lowest BCUT2D eigenvalue weighted by atomic mass is 9.81. The molecule has 0 unspecified atom stereocenters. The van der Waals surface area contributed by atoms with Gasteiger partial charge in [-0.3, -0.25) is 0 Å². The zero-order chi connectivity index (χ0) is 6.27.